The molecule has 0 radical (unpaired) electrons. The molecular formula is C19H15N5O5. The summed E-state index contributed by atoms with van der Waals surface area (Å²) in [6, 6.07) is 5.43. The van der Waals surface area contributed by atoms with Crippen molar-refractivity contribution in [3.05, 3.63) is 47.3 Å². The molecule has 0 saturated carbocycles. The maximum Gasteiger partial charge on any atom is 0.335 e. The van der Waals surface area contributed by atoms with Crippen LogP contribution in [-0.2, 0) is 16.6 Å². The van der Waals surface area contributed by atoms with Gasteiger partial charge in [0.25, 0.3) is 0 Å². The molecule has 3 rings (SSSR count). The van der Waals surface area contributed by atoms with E-state index in [1.54, 1.807) is 0 Å². The van der Waals surface area contributed by atoms with Crippen LogP contribution in [0.15, 0.2) is 30.5 Å². The average Bonchev–Trinajstić information content (AvgIpc) is 2.68. The largest absolute Gasteiger partial charge is 0.492 e. The molecule has 1 atom stereocenters. The number of aliphatic carboxylic acids is 1. The fraction of sp³-hybridized carbons (Fsp3) is 0.158. The summed E-state index contributed by atoms with van der Waals surface area (Å²) in [6.45, 7) is 0. The lowest BCUT2D eigenvalue weighted by Gasteiger charge is -2.28. The second kappa shape index (κ2) is 7.40. The van der Waals surface area contributed by atoms with Crippen LogP contribution in [0.3, 0.4) is 0 Å². The average molecular weight is 393 g/mol. The molecule has 0 spiro atoms. The summed E-state index contributed by atoms with van der Waals surface area (Å²) in [7, 11) is 0. The molecule has 1 unspecified atom stereocenters. The number of aromatic hydroxyl groups is 1. The SMILES string of the molecule is C#CCC(Cc1cnc2nc(N)nc(O)c2n1)(C(=O)O)c1ccc(C(=O)O)cc1. The molecule has 10 nitrogen and oxygen atoms in total. The summed E-state index contributed by atoms with van der Waals surface area (Å²) in [5.41, 5.74) is 4.45. The fourth-order valence-electron chi connectivity index (χ4n) is 2.99. The van der Waals surface area contributed by atoms with Gasteiger partial charge in [-0.25, -0.2) is 14.8 Å². The summed E-state index contributed by atoms with van der Waals surface area (Å²) in [4.78, 5) is 39.1. The Hall–Kier alpha value is -4.26. The van der Waals surface area contributed by atoms with Crippen LogP contribution in [0.5, 0.6) is 5.88 Å². The molecule has 3 aromatic rings. The quantitative estimate of drug-likeness (QED) is 0.442. The maximum atomic E-state index is 12.3. The lowest BCUT2D eigenvalue weighted by Crippen LogP contribution is -2.38. The molecule has 0 aliphatic carbocycles. The van der Waals surface area contributed by atoms with Crippen LogP contribution in [0.2, 0.25) is 0 Å². The van der Waals surface area contributed by atoms with Crippen LogP contribution < -0.4 is 5.73 Å². The zero-order valence-corrected chi connectivity index (χ0v) is 14.9. The number of rotatable bonds is 6. The fourth-order valence-corrected chi connectivity index (χ4v) is 2.99. The second-order valence-corrected chi connectivity index (χ2v) is 6.27. The molecule has 0 bridgehead atoms. The van der Waals surface area contributed by atoms with E-state index in [1.165, 1.54) is 30.5 Å². The molecule has 1 aromatic carbocycles. The van der Waals surface area contributed by atoms with Gasteiger partial charge in [-0.1, -0.05) is 12.1 Å². The first kappa shape index (κ1) is 19.5. The molecule has 10 heteroatoms. The lowest BCUT2D eigenvalue weighted by molar-refractivity contribution is -0.143. The highest BCUT2D eigenvalue weighted by molar-refractivity contribution is 5.88. The van der Waals surface area contributed by atoms with E-state index < -0.39 is 23.2 Å². The van der Waals surface area contributed by atoms with Crippen LogP contribution in [-0.4, -0.2) is 47.2 Å². The van der Waals surface area contributed by atoms with Crippen molar-refractivity contribution in [1.29, 1.82) is 0 Å². The summed E-state index contributed by atoms with van der Waals surface area (Å²) in [6.07, 6.45) is 6.41. The first-order chi connectivity index (χ1) is 13.8. The monoisotopic (exact) mass is 393 g/mol. The standard InChI is InChI=1S/C19H15N5O5/c1-2-7-19(17(28)29,11-5-3-10(4-6-11)16(26)27)8-12-9-21-14-13(22-12)15(25)24-18(20)23-14/h1,3-6,9H,7-8H2,(H,26,27)(H,28,29)(H3,20,21,23,24,25). The van der Waals surface area contributed by atoms with Gasteiger partial charge in [-0.3, -0.25) is 4.79 Å². The maximum absolute atomic E-state index is 12.3. The molecule has 0 amide bonds. The number of fused-ring (bicyclic) bond motifs is 1. The normalized spacial score (nSPS) is 12.8. The molecule has 29 heavy (non-hydrogen) atoms. The van der Waals surface area contributed by atoms with Crippen molar-refractivity contribution >= 4 is 29.1 Å². The van der Waals surface area contributed by atoms with E-state index >= 15 is 0 Å². The number of benzene rings is 1. The van der Waals surface area contributed by atoms with Gasteiger partial charge in [0, 0.05) is 12.8 Å². The molecule has 5 N–H and O–H groups in total. The van der Waals surface area contributed by atoms with Crippen LogP contribution >= 0.6 is 0 Å². The number of aromatic nitrogens is 4. The van der Waals surface area contributed by atoms with Gasteiger partial charge in [-0.15, -0.1) is 12.3 Å². The Morgan fingerprint density at radius 3 is 2.41 bits per heavy atom. The zero-order chi connectivity index (χ0) is 21.2. The van der Waals surface area contributed by atoms with E-state index in [4.69, 9.17) is 17.3 Å². The smallest absolute Gasteiger partial charge is 0.335 e. The minimum Gasteiger partial charge on any atom is -0.492 e. The highest BCUT2D eigenvalue weighted by Gasteiger charge is 2.40. The summed E-state index contributed by atoms with van der Waals surface area (Å²) < 4.78 is 0. The second-order valence-electron chi connectivity index (χ2n) is 6.27. The summed E-state index contributed by atoms with van der Waals surface area (Å²) in [5, 5.41) is 29.0. The summed E-state index contributed by atoms with van der Waals surface area (Å²) >= 11 is 0. The van der Waals surface area contributed by atoms with E-state index in [2.05, 4.69) is 25.9 Å². The number of nitrogens with two attached hydrogens (primary N) is 1. The van der Waals surface area contributed by atoms with Crippen molar-refractivity contribution in [3.8, 4) is 18.2 Å². The van der Waals surface area contributed by atoms with Gasteiger partial charge in [-0.05, 0) is 17.7 Å². The number of hydrogen-bond acceptors (Lipinski definition) is 8. The van der Waals surface area contributed by atoms with Crippen LogP contribution in [0.1, 0.15) is 28.0 Å². The van der Waals surface area contributed by atoms with Gasteiger partial charge >= 0.3 is 11.9 Å². The van der Waals surface area contributed by atoms with Crippen LogP contribution in [0, 0.1) is 12.3 Å². The minimum absolute atomic E-state index is 0.0129. The van der Waals surface area contributed by atoms with E-state index in [0.717, 1.165) is 0 Å². The number of hydrogen-bond donors (Lipinski definition) is 4. The third-order valence-electron chi connectivity index (χ3n) is 4.44. The number of carbonyl (C=O) groups is 2. The molecule has 146 valence electrons. The number of anilines is 1. The highest BCUT2D eigenvalue weighted by atomic mass is 16.4. The van der Waals surface area contributed by atoms with Crippen molar-refractivity contribution in [3.63, 3.8) is 0 Å². The molecular weight excluding hydrogens is 378 g/mol. The molecule has 0 saturated heterocycles. The lowest BCUT2D eigenvalue weighted by atomic mass is 9.74. The Morgan fingerprint density at radius 1 is 1.14 bits per heavy atom. The van der Waals surface area contributed by atoms with Crippen LogP contribution in [0.4, 0.5) is 5.95 Å². The van der Waals surface area contributed by atoms with Gasteiger partial charge in [0.05, 0.1) is 17.5 Å². The van der Waals surface area contributed by atoms with E-state index in [-0.39, 0.29) is 41.2 Å². The first-order valence-electron chi connectivity index (χ1n) is 8.25. The van der Waals surface area contributed by atoms with Gasteiger partial charge in [0.15, 0.2) is 11.2 Å². The Morgan fingerprint density at radius 2 is 1.83 bits per heavy atom. The van der Waals surface area contributed by atoms with E-state index in [1.807, 2.05) is 0 Å². The molecule has 0 aliphatic rings. The number of carboxylic acids is 2. The Kier molecular flexibility index (Phi) is 4.97. The summed E-state index contributed by atoms with van der Waals surface area (Å²) in [5.74, 6) is -0.637. The van der Waals surface area contributed by atoms with Crippen molar-refractivity contribution in [2.75, 3.05) is 5.73 Å². The van der Waals surface area contributed by atoms with Crippen molar-refractivity contribution in [2.45, 2.75) is 18.3 Å². The Labute approximate surface area is 164 Å². The van der Waals surface area contributed by atoms with Gasteiger partial charge in [0.1, 0.15) is 5.41 Å². The zero-order valence-electron chi connectivity index (χ0n) is 14.9. The molecule has 0 fully saturated rings. The number of terminal acetylenes is 1. The van der Waals surface area contributed by atoms with Gasteiger partial charge in [-0.2, -0.15) is 9.97 Å². The topological polar surface area (TPSA) is 172 Å². The third kappa shape index (κ3) is 3.61. The van der Waals surface area contributed by atoms with E-state index in [9.17, 15) is 19.8 Å². The van der Waals surface area contributed by atoms with Crippen molar-refractivity contribution < 1.29 is 24.9 Å². The minimum atomic E-state index is -1.58. The van der Waals surface area contributed by atoms with Crippen LogP contribution in [0.25, 0.3) is 11.2 Å². The Balaban J connectivity index is 2.10. The van der Waals surface area contributed by atoms with Gasteiger partial charge < -0.3 is 21.1 Å². The first-order valence-corrected chi connectivity index (χ1v) is 8.25. The highest BCUT2D eigenvalue weighted by Crippen LogP contribution is 2.33. The van der Waals surface area contributed by atoms with E-state index in [0.29, 0.717) is 5.56 Å². The van der Waals surface area contributed by atoms with Crippen molar-refractivity contribution in [2.24, 2.45) is 0 Å². The number of carboxylic acid groups (broad SMARTS) is 2. The molecule has 2 aromatic heterocycles. The molecule has 2 heterocycles. The third-order valence-corrected chi connectivity index (χ3v) is 4.44. The Bertz CT molecular complexity index is 1160. The van der Waals surface area contributed by atoms with Gasteiger partial charge in [0.2, 0.25) is 11.8 Å². The predicted octanol–water partition coefficient (Wildman–Crippen LogP) is 0.994. The number of aromatic carboxylic acids is 1. The predicted molar refractivity (Wildman–Crippen MR) is 101 cm³/mol. The van der Waals surface area contributed by atoms with Crippen molar-refractivity contribution in [1.82, 2.24) is 19.9 Å². The number of nitrogen functional groups attached to an aromatic ring is 1. The molecule has 0 aliphatic heterocycles. The number of nitrogens with zero attached hydrogens (tertiary/aromatic N) is 4.